The lowest BCUT2D eigenvalue weighted by atomic mass is 9.67. The summed E-state index contributed by atoms with van der Waals surface area (Å²) in [5.74, 6) is 0.748. The predicted octanol–water partition coefficient (Wildman–Crippen LogP) is 4.81. The maximum atomic E-state index is 2.35. The van der Waals surface area contributed by atoms with Gasteiger partial charge in [-0.1, -0.05) is 38.8 Å². The van der Waals surface area contributed by atoms with E-state index < -0.39 is 0 Å². The molecule has 78 valence electrons. The van der Waals surface area contributed by atoms with Gasteiger partial charge in [-0.15, -0.1) is 0 Å². The summed E-state index contributed by atoms with van der Waals surface area (Å²) in [5.41, 5.74) is 3.55. The van der Waals surface area contributed by atoms with Crippen molar-refractivity contribution in [2.45, 2.75) is 61.3 Å². The SMILES string of the molecule is CCC(CC)(C(C)=C(C)C)C(C)C. The molecule has 0 aromatic rings. The van der Waals surface area contributed by atoms with Crippen LogP contribution in [0, 0.1) is 11.3 Å². The van der Waals surface area contributed by atoms with E-state index in [-0.39, 0.29) is 0 Å². The fourth-order valence-corrected chi connectivity index (χ4v) is 2.53. The Hall–Kier alpha value is -0.260. The zero-order valence-corrected chi connectivity index (χ0v) is 10.5. The molecule has 0 N–H and O–H groups in total. The Morgan fingerprint density at radius 2 is 1.38 bits per heavy atom. The lowest BCUT2D eigenvalue weighted by molar-refractivity contribution is 0.223. The molecule has 0 heterocycles. The maximum absolute atomic E-state index is 2.35. The molecule has 0 aromatic heterocycles. The molecule has 0 fully saturated rings. The molecular weight excluding hydrogens is 156 g/mol. The Morgan fingerprint density at radius 1 is 1.00 bits per heavy atom. The Bertz CT molecular complexity index is 176. The van der Waals surface area contributed by atoms with Gasteiger partial charge < -0.3 is 0 Å². The first-order chi connectivity index (χ1) is 5.92. The number of hydrogen-bond donors (Lipinski definition) is 0. The fourth-order valence-electron chi connectivity index (χ4n) is 2.53. The zero-order chi connectivity index (χ0) is 10.6. The van der Waals surface area contributed by atoms with E-state index in [9.17, 15) is 0 Å². The van der Waals surface area contributed by atoms with Crippen molar-refractivity contribution < 1.29 is 0 Å². The molecule has 0 aliphatic rings. The van der Waals surface area contributed by atoms with E-state index in [4.69, 9.17) is 0 Å². The molecule has 13 heavy (non-hydrogen) atoms. The maximum Gasteiger partial charge on any atom is -0.00706 e. The highest BCUT2D eigenvalue weighted by molar-refractivity contribution is 5.18. The highest BCUT2D eigenvalue weighted by Crippen LogP contribution is 2.43. The van der Waals surface area contributed by atoms with Crippen LogP contribution in [0.4, 0.5) is 0 Å². The van der Waals surface area contributed by atoms with Crippen molar-refractivity contribution in [2.75, 3.05) is 0 Å². The molecule has 0 bridgehead atoms. The van der Waals surface area contributed by atoms with Crippen molar-refractivity contribution in [3.05, 3.63) is 11.1 Å². The minimum Gasteiger partial charge on any atom is -0.0769 e. The van der Waals surface area contributed by atoms with E-state index in [0.717, 1.165) is 5.92 Å². The Balaban J connectivity index is 5.11. The van der Waals surface area contributed by atoms with Crippen LogP contribution in [0.1, 0.15) is 61.3 Å². The molecule has 0 saturated carbocycles. The number of rotatable bonds is 4. The highest BCUT2D eigenvalue weighted by Gasteiger charge is 2.31. The Kier molecular flexibility index (Phi) is 4.74. The molecule has 0 aliphatic heterocycles. The van der Waals surface area contributed by atoms with Gasteiger partial charge in [0.05, 0.1) is 0 Å². The van der Waals surface area contributed by atoms with Crippen LogP contribution in [-0.2, 0) is 0 Å². The summed E-state index contributed by atoms with van der Waals surface area (Å²) in [6, 6.07) is 0. The van der Waals surface area contributed by atoms with Gasteiger partial charge in [0.1, 0.15) is 0 Å². The quantitative estimate of drug-likeness (QED) is 0.548. The van der Waals surface area contributed by atoms with Crippen LogP contribution in [0.15, 0.2) is 11.1 Å². The van der Waals surface area contributed by atoms with Crippen molar-refractivity contribution in [2.24, 2.45) is 11.3 Å². The molecule has 0 spiro atoms. The second-order valence-electron chi connectivity index (χ2n) is 4.64. The molecule has 0 radical (unpaired) electrons. The van der Waals surface area contributed by atoms with Crippen molar-refractivity contribution in [3.63, 3.8) is 0 Å². The van der Waals surface area contributed by atoms with E-state index in [1.165, 1.54) is 18.4 Å². The van der Waals surface area contributed by atoms with Crippen LogP contribution < -0.4 is 0 Å². The molecular formula is C13H26. The third-order valence-electron chi connectivity index (χ3n) is 3.86. The van der Waals surface area contributed by atoms with Crippen molar-refractivity contribution in [3.8, 4) is 0 Å². The first-order valence-electron chi connectivity index (χ1n) is 5.56. The van der Waals surface area contributed by atoms with Gasteiger partial charge in [0.25, 0.3) is 0 Å². The molecule has 0 nitrogen and oxygen atoms in total. The molecule has 0 rings (SSSR count). The highest BCUT2D eigenvalue weighted by atomic mass is 14.4. The van der Waals surface area contributed by atoms with Crippen molar-refractivity contribution in [1.29, 1.82) is 0 Å². The standard InChI is InChI=1S/C13H26/c1-8-13(9-2,11(5)6)12(7)10(3)4/h11H,8-9H2,1-7H3. The normalized spacial score (nSPS) is 12.0. The third kappa shape index (κ3) is 2.36. The molecule has 0 aliphatic carbocycles. The van der Waals surface area contributed by atoms with Crippen LogP contribution in [0.5, 0.6) is 0 Å². The summed E-state index contributed by atoms with van der Waals surface area (Å²) in [4.78, 5) is 0. The van der Waals surface area contributed by atoms with Crippen LogP contribution in [0.2, 0.25) is 0 Å². The van der Waals surface area contributed by atoms with Gasteiger partial charge >= 0.3 is 0 Å². The summed E-state index contributed by atoms with van der Waals surface area (Å²) in [7, 11) is 0. The average molecular weight is 182 g/mol. The summed E-state index contributed by atoms with van der Waals surface area (Å²) >= 11 is 0. The van der Waals surface area contributed by atoms with Gasteiger partial charge in [0.15, 0.2) is 0 Å². The van der Waals surface area contributed by atoms with E-state index >= 15 is 0 Å². The summed E-state index contributed by atoms with van der Waals surface area (Å²) in [6.07, 6.45) is 2.52. The summed E-state index contributed by atoms with van der Waals surface area (Å²) in [6.45, 7) is 16.1. The third-order valence-corrected chi connectivity index (χ3v) is 3.86. The molecule has 0 saturated heterocycles. The number of allylic oxidation sites excluding steroid dienone is 2. The Morgan fingerprint density at radius 3 is 1.46 bits per heavy atom. The minimum atomic E-state index is 0.443. The van der Waals surface area contributed by atoms with Gasteiger partial charge in [0, 0.05) is 0 Å². The van der Waals surface area contributed by atoms with Gasteiger partial charge in [-0.2, -0.15) is 0 Å². The molecule has 0 atom stereocenters. The molecule has 0 unspecified atom stereocenters. The molecule has 0 aromatic carbocycles. The molecule has 0 heteroatoms. The topological polar surface area (TPSA) is 0 Å². The van der Waals surface area contributed by atoms with Crippen LogP contribution >= 0.6 is 0 Å². The lowest BCUT2D eigenvalue weighted by Gasteiger charge is -2.38. The lowest BCUT2D eigenvalue weighted by Crippen LogP contribution is -2.27. The summed E-state index contributed by atoms with van der Waals surface area (Å²) in [5, 5.41) is 0. The van der Waals surface area contributed by atoms with Crippen LogP contribution in [0.3, 0.4) is 0 Å². The van der Waals surface area contributed by atoms with Gasteiger partial charge in [-0.3, -0.25) is 0 Å². The fraction of sp³-hybridized carbons (Fsp3) is 0.846. The van der Waals surface area contributed by atoms with E-state index in [1.54, 1.807) is 5.57 Å². The first kappa shape index (κ1) is 12.7. The largest absolute Gasteiger partial charge is 0.0769 e. The average Bonchev–Trinajstić information content (AvgIpc) is 2.06. The van der Waals surface area contributed by atoms with Gasteiger partial charge in [-0.25, -0.2) is 0 Å². The Labute approximate surface area is 84.4 Å². The van der Waals surface area contributed by atoms with Crippen molar-refractivity contribution in [1.82, 2.24) is 0 Å². The van der Waals surface area contributed by atoms with E-state index in [1.807, 2.05) is 0 Å². The van der Waals surface area contributed by atoms with E-state index in [0.29, 0.717) is 5.41 Å². The van der Waals surface area contributed by atoms with E-state index in [2.05, 4.69) is 48.5 Å². The number of hydrogen-bond acceptors (Lipinski definition) is 0. The van der Waals surface area contributed by atoms with Crippen molar-refractivity contribution >= 4 is 0 Å². The van der Waals surface area contributed by atoms with Gasteiger partial charge in [0.2, 0.25) is 0 Å². The summed E-state index contributed by atoms with van der Waals surface area (Å²) < 4.78 is 0. The second-order valence-corrected chi connectivity index (χ2v) is 4.64. The van der Waals surface area contributed by atoms with Gasteiger partial charge in [-0.05, 0) is 44.9 Å². The molecule has 0 amide bonds. The van der Waals surface area contributed by atoms with Crippen LogP contribution in [0.25, 0.3) is 0 Å². The van der Waals surface area contributed by atoms with Crippen LogP contribution in [-0.4, -0.2) is 0 Å². The predicted molar refractivity (Wildman–Crippen MR) is 61.9 cm³/mol. The monoisotopic (exact) mass is 182 g/mol. The zero-order valence-electron chi connectivity index (χ0n) is 10.5. The first-order valence-corrected chi connectivity index (χ1v) is 5.56. The second kappa shape index (κ2) is 4.83. The smallest absolute Gasteiger partial charge is 0.00706 e. The minimum absolute atomic E-state index is 0.443.